The van der Waals surface area contributed by atoms with Crippen LogP contribution in [0.3, 0.4) is 0 Å². The summed E-state index contributed by atoms with van der Waals surface area (Å²) in [6.07, 6.45) is 52.1. The molecule has 0 aliphatic heterocycles. The number of aliphatic carboxylic acids is 1. The number of phosphoric ester groups is 1. The quantitative estimate of drug-likeness (QED) is 0.0200. The van der Waals surface area contributed by atoms with Crippen LogP contribution in [0.2, 0.25) is 0 Å². The van der Waals surface area contributed by atoms with Crippen molar-refractivity contribution in [3.63, 3.8) is 0 Å². The summed E-state index contributed by atoms with van der Waals surface area (Å²) in [5, 5.41) is 21.8. The first-order chi connectivity index (χ1) is 29.6. The first-order valence-electron chi connectivity index (χ1n) is 23.5. The molecule has 0 aromatic carbocycles. The lowest BCUT2D eigenvalue weighted by molar-refractivity contribution is -0.147. The molecule has 0 aliphatic rings. The number of carboxylic acids is 1. The van der Waals surface area contributed by atoms with Gasteiger partial charge in [0, 0.05) is 12.8 Å². The number of phosphoric acid groups is 1. The fourth-order valence-corrected chi connectivity index (χ4v) is 6.87. The highest BCUT2D eigenvalue weighted by Gasteiger charge is 2.28. The molecular weight excluding hydrogens is 794 g/mol. The molecule has 0 radical (unpaired) electrons. The summed E-state index contributed by atoms with van der Waals surface area (Å²) in [7, 11) is -4.77. The summed E-state index contributed by atoms with van der Waals surface area (Å²) < 4.78 is 26.9. The van der Waals surface area contributed by atoms with Crippen molar-refractivity contribution in [3.8, 4) is 0 Å². The molecule has 0 bridgehead atoms. The Morgan fingerprint density at radius 1 is 0.541 bits per heavy atom. The van der Waals surface area contributed by atoms with Gasteiger partial charge in [0.25, 0.3) is 0 Å². The summed E-state index contributed by atoms with van der Waals surface area (Å²) in [5.74, 6) is -2.43. The molecule has 0 saturated carbocycles. The molecule has 3 atom stereocenters. The maximum absolute atomic E-state index is 12.3. The Bertz CT molecular complexity index is 1310. The van der Waals surface area contributed by atoms with Gasteiger partial charge in [0.15, 0.2) is 6.04 Å². The zero-order chi connectivity index (χ0) is 44.9. The van der Waals surface area contributed by atoms with Gasteiger partial charge in [-0.3, -0.25) is 18.6 Å². The van der Waals surface area contributed by atoms with E-state index in [9.17, 15) is 34.1 Å². The van der Waals surface area contributed by atoms with Crippen LogP contribution < -0.4 is 5.32 Å². The highest BCUT2D eigenvalue weighted by Crippen LogP contribution is 2.43. The van der Waals surface area contributed by atoms with Crippen LogP contribution in [0.4, 0.5) is 0 Å². The van der Waals surface area contributed by atoms with E-state index in [2.05, 4.69) is 92.1 Å². The highest BCUT2D eigenvalue weighted by molar-refractivity contribution is 7.47. The number of hydrogen-bond donors (Lipinski definition) is 4. The van der Waals surface area contributed by atoms with Crippen LogP contribution in [0, 0.1) is 0 Å². The van der Waals surface area contributed by atoms with E-state index in [1.54, 1.807) is 0 Å². The zero-order valence-electron chi connectivity index (χ0n) is 37.9. The number of allylic oxidation sites excluding steroid dienone is 12. The van der Waals surface area contributed by atoms with Crippen molar-refractivity contribution in [2.24, 2.45) is 0 Å². The number of esters is 1. The second-order valence-electron chi connectivity index (χ2n) is 15.6. The number of unbranched alkanes of at least 4 members (excludes halogenated alkanes) is 17. The van der Waals surface area contributed by atoms with Crippen LogP contribution in [0.1, 0.15) is 187 Å². The number of aliphatic hydroxyl groups excluding tert-OH is 1. The largest absolute Gasteiger partial charge is 0.480 e. The molecule has 3 unspecified atom stereocenters. The second kappa shape index (κ2) is 43.6. The van der Waals surface area contributed by atoms with Gasteiger partial charge < -0.3 is 25.2 Å². The molecule has 0 spiro atoms. The molecule has 12 heteroatoms. The molecule has 0 fully saturated rings. The molecule has 4 N–H and O–H groups in total. The Kier molecular flexibility index (Phi) is 41.4. The van der Waals surface area contributed by atoms with Gasteiger partial charge in [-0.1, -0.05) is 164 Å². The van der Waals surface area contributed by atoms with Crippen LogP contribution in [0.15, 0.2) is 72.9 Å². The van der Waals surface area contributed by atoms with Crippen molar-refractivity contribution in [3.05, 3.63) is 72.9 Å². The lowest BCUT2D eigenvalue weighted by atomic mass is 10.1. The summed E-state index contributed by atoms with van der Waals surface area (Å²) in [6.45, 7) is 2.45. The minimum absolute atomic E-state index is 0.103. The molecule has 0 aliphatic carbocycles. The molecule has 0 aromatic rings. The normalized spacial score (nSPS) is 14.3. The van der Waals surface area contributed by atoms with Crippen LogP contribution >= 0.6 is 7.82 Å². The average Bonchev–Trinajstić information content (AvgIpc) is 3.24. The summed E-state index contributed by atoms with van der Waals surface area (Å²) >= 11 is 0. The van der Waals surface area contributed by atoms with Gasteiger partial charge in [-0.25, -0.2) is 9.36 Å². The van der Waals surface area contributed by atoms with Crippen molar-refractivity contribution in [2.45, 2.75) is 199 Å². The van der Waals surface area contributed by atoms with E-state index in [4.69, 9.17) is 13.8 Å². The van der Waals surface area contributed by atoms with E-state index < -0.39 is 57.6 Å². The minimum atomic E-state index is -4.77. The third-order valence-electron chi connectivity index (χ3n) is 9.73. The number of carbonyl (C=O) groups is 3. The van der Waals surface area contributed by atoms with Crippen molar-refractivity contribution in [2.75, 3.05) is 19.8 Å². The number of carboxylic acid groups (broad SMARTS) is 1. The van der Waals surface area contributed by atoms with E-state index >= 15 is 0 Å². The minimum Gasteiger partial charge on any atom is -0.480 e. The Labute approximate surface area is 369 Å². The topological polar surface area (TPSA) is 169 Å². The number of ether oxygens (including phenoxy) is 1. The van der Waals surface area contributed by atoms with E-state index in [0.29, 0.717) is 12.8 Å². The maximum Gasteiger partial charge on any atom is 0.472 e. The summed E-state index contributed by atoms with van der Waals surface area (Å²) in [5.41, 5.74) is 0. The third kappa shape index (κ3) is 43.4. The molecule has 0 rings (SSSR count). The highest BCUT2D eigenvalue weighted by atomic mass is 31.2. The molecule has 1 amide bonds. The average molecular weight is 878 g/mol. The van der Waals surface area contributed by atoms with Gasteiger partial charge in [-0.05, 0) is 83.5 Å². The second-order valence-corrected chi connectivity index (χ2v) is 17.0. The Hall–Kier alpha value is -3.08. The van der Waals surface area contributed by atoms with Gasteiger partial charge >= 0.3 is 19.8 Å². The predicted octanol–water partition coefficient (Wildman–Crippen LogP) is 12.5. The molecule has 11 nitrogen and oxygen atoms in total. The van der Waals surface area contributed by atoms with E-state index in [-0.39, 0.29) is 12.8 Å². The number of aliphatic hydroxyl groups is 1. The van der Waals surface area contributed by atoms with Crippen LogP contribution in [-0.4, -0.2) is 64.9 Å². The van der Waals surface area contributed by atoms with E-state index in [0.717, 1.165) is 77.0 Å². The smallest absolute Gasteiger partial charge is 0.472 e. The molecular formula is C49H84NO10P. The van der Waals surface area contributed by atoms with Crippen LogP contribution in [0.5, 0.6) is 0 Å². The van der Waals surface area contributed by atoms with Gasteiger partial charge in [0.05, 0.1) is 13.2 Å². The fourth-order valence-electron chi connectivity index (χ4n) is 6.10. The molecule has 0 heterocycles. The zero-order valence-corrected chi connectivity index (χ0v) is 38.8. The van der Waals surface area contributed by atoms with Gasteiger partial charge in [0.2, 0.25) is 5.91 Å². The van der Waals surface area contributed by atoms with Crippen molar-refractivity contribution < 1.29 is 47.8 Å². The first kappa shape index (κ1) is 57.9. The number of hydrogen-bond acceptors (Lipinski definition) is 8. The fraction of sp³-hybridized carbons (Fsp3) is 0.694. The van der Waals surface area contributed by atoms with Gasteiger partial charge in [-0.15, -0.1) is 0 Å². The molecule has 61 heavy (non-hydrogen) atoms. The van der Waals surface area contributed by atoms with Crippen molar-refractivity contribution in [1.29, 1.82) is 0 Å². The maximum atomic E-state index is 12.3. The van der Waals surface area contributed by atoms with Crippen LogP contribution in [0.25, 0.3) is 0 Å². The number of amides is 1. The molecule has 0 aromatic heterocycles. The standard InChI is InChI=1S/C49H84NO10P/c1-3-5-7-9-11-13-15-17-19-21-23-24-26-28-30-32-34-36-38-40-47(52)50-46(49(54)55)44-60-61(56,57)59-43-45(51)42-58-48(53)41-39-37-35-33-31-29-27-25-22-20-18-16-14-12-10-8-6-4-2/h5,7,11,13,17,19-20,22-24,28,30,45-46,51H,3-4,6,8-10,12,14-16,18,21,25-27,29,31-44H2,1-2H3,(H,50,52)(H,54,55)(H,56,57)/b7-5-,13-11-,19-17-,22-20-,24-23-,30-28-. The number of rotatable bonds is 43. The van der Waals surface area contributed by atoms with Crippen LogP contribution in [-0.2, 0) is 32.7 Å². The number of carbonyl (C=O) groups excluding carboxylic acids is 2. The Morgan fingerprint density at radius 3 is 1.46 bits per heavy atom. The number of nitrogens with one attached hydrogen (secondary N) is 1. The summed E-state index contributed by atoms with van der Waals surface area (Å²) in [4.78, 5) is 46.0. The van der Waals surface area contributed by atoms with Crippen molar-refractivity contribution in [1.82, 2.24) is 5.32 Å². The van der Waals surface area contributed by atoms with E-state index in [1.807, 2.05) is 0 Å². The summed E-state index contributed by atoms with van der Waals surface area (Å²) in [6, 6.07) is -1.57. The monoisotopic (exact) mass is 878 g/mol. The van der Waals surface area contributed by atoms with Gasteiger partial charge in [0.1, 0.15) is 12.7 Å². The molecule has 0 saturated heterocycles. The van der Waals surface area contributed by atoms with Gasteiger partial charge in [-0.2, -0.15) is 0 Å². The predicted molar refractivity (Wildman–Crippen MR) is 249 cm³/mol. The van der Waals surface area contributed by atoms with Crippen molar-refractivity contribution >= 4 is 25.7 Å². The van der Waals surface area contributed by atoms with E-state index in [1.165, 1.54) is 70.6 Å². The first-order valence-corrected chi connectivity index (χ1v) is 25.0. The lowest BCUT2D eigenvalue weighted by Crippen LogP contribution is -2.43. The SMILES string of the molecule is CC/C=C\C/C=C\C/C=C\C/C=C\C/C=C\CCCCCC(=O)NC(COP(=O)(O)OCC(O)COC(=O)CCCCCCCCC/C=C\CCCCCCCCC)C(=O)O. The Balaban J connectivity index is 3.94. The molecule has 350 valence electrons. The third-order valence-corrected chi connectivity index (χ3v) is 10.7. The Morgan fingerprint density at radius 2 is 0.951 bits per heavy atom. The lowest BCUT2D eigenvalue weighted by Gasteiger charge is -2.18.